The van der Waals surface area contributed by atoms with Crippen molar-refractivity contribution in [3.63, 3.8) is 0 Å². The van der Waals surface area contributed by atoms with Gasteiger partial charge in [-0.25, -0.2) is 0 Å². The predicted molar refractivity (Wildman–Crippen MR) is 103 cm³/mol. The van der Waals surface area contributed by atoms with Crippen LogP contribution in [0, 0.1) is 59.2 Å². The van der Waals surface area contributed by atoms with Crippen LogP contribution in [0.5, 0.6) is 0 Å². The second-order valence-corrected chi connectivity index (χ2v) is 6.25. The Morgan fingerprint density at radius 3 is 0.423 bits per heavy atom. The van der Waals surface area contributed by atoms with Crippen molar-refractivity contribution in [1.82, 2.24) is 0 Å². The summed E-state index contributed by atoms with van der Waals surface area (Å²) in [4.78, 5) is 15.5. The second kappa shape index (κ2) is 16.3. The Morgan fingerprint density at radius 2 is 0.385 bits per heavy atom. The number of rotatable bonds is 0. The molecule has 0 bridgehead atoms. The SMILES string of the molecule is C[C]1[C](C)[C](C)[C](C)[C]1C.C[C]1[C](C)[C](C)[C](C)[C]1C.[CH-]=O.[CH-]=O.[Ni+2].[Ni]. The summed E-state index contributed by atoms with van der Waals surface area (Å²) in [6.07, 6.45) is 0. The van der Waals surface area contributed by atoms with Crippen LogP contribution >= 0.6 is 0 Å². The Bertz CT molecular complexity index is 218. The van der Waals surface area contributed by atoms with Crippen LogP contribution in [0.15, 0.2) is 0 Å². The van der Waals surface area contributed by atoms with Crippen molar-refractivity contribution in [2.24, 2.45) is 0 Å². The van der Waals surface area contributed by atoms with E-state index in [1.165, 1.54) is 59.2 Å². The summed E-state index contributed by atoms with van der Waals surface area (Å²) >= 11 is 0. The van der Waals surface area contributed by atoms with E-state index in [4.69, 9.17) is 9.59 Å². The van der Waals surface area contributed by atoms with Crippen molar-refractivity contribution in [1.29, 1.82) is 0 Å². The standard InChI is InChI=1S/2C10H15.2CHO.2Ni/c2*1-6-7(2)9(4)10(5)8(6)3;2*1-2;;/h2*1-5H3;2*1H;;/q;;2*-1;;+2. The topological polar surface area (TPSA) is 34.1 Å². The molecule has 2 saturated carbocycles. The van der Waals surface area contributed by atoms with Gasteiger partial charge in [0.1, 0.15) is 0 Å². The minimum Gasteiger partial charge on any atom is -0.545 e. The molecular weight excluding hydrogens is 414 g/mol. The summed E-state index contributed by atoms with van der Waals surface area (Å²) in [5, 5.41) is 0. The fourth-order valence-electron chi connectivity index (χ4n) is 2.81. The van der Waals surface area contributed by atoms with Crippen molar-refractivity contribution in [2.45, 2.75) is 69.2 Å². The maximum atomic E-state index is 7.75. The summed E-state index contributed by atoms with van der Waals surface area (Å²) in [6.45, 7) is 28.5. The van der Waals surface area contributed by atoms with Crippen molar-refractivity contribution in [3.05, 3.63) is 59.2 Å². The van der Waals surface area contributed by atoms with Gasteiger partial charge in [-0.1, -0.05) is 69.2 Å². The van der Waals surface area contributed by atoms with E-state index in [0.717, 1.165) is 0 Å². The van der Waals surface area contributed by atoms with Crippen molar-refractivity contribution in [2.75, 3.05) is 0 Å². The van der Waals surface area contributed by atoms with Gasteiger partial charge >= 0.3 is 16.5 Å². The summed E-state index contributed by atoms with van der Waals surface area (Å²) < 4.78 is 0. The van der Waals surface area contributed by atoms with Gasteiger partial charge in [0.15, 0.2) is 0 Å². The molecule has 2 aliphatic rings. The second-order valence-electron chi connectivity index (χ2n) is 6.25. The van der Waals surface area contributed by atoms with Gasteiger partial charge in [0.05, 0.1) is 0 Å². The Balaban J connectivity index is -0.000000147. The van der Waals surface area contributed by atoms with E-state index >= 15 is 0 Å². The van der Waals surface area contributed by atoms with Crippen LogP contribution in [0.3, 0.4) is 0 Å². The van der Waals surface area contributed by atoms with Crippen LogP contribution in [-0.2, 0) is 42.6 Å². The molecule has 0 aromatic rings. The van der Waals surface area contributed by atoms with E-state index in [-0.39, 0.29) is 33.0 Å². The average Bonchev–Trinajstić information content (AvgIpc) is 2.89. The van der Waals surface area contributed by atoms with Gasteiger partial charge < -0.3 is 9.59 Å². The Kier molecular flexibility index (Phi) is 21.2. The third kappa shape index (κ3) is 8.14. The molecule has 2 rings (SSSR count). The summed E-state index contributed by atoms with van der Waals surface area (Å²) in [6, 6.07) is 0. The molecule has 0 aromatic heterocycles. The first-order valence-electron chi connectivity index (χ1n) is 7.97. The zero-order valence-corrected chi connectivity index (χ0v) is 19.6. The van der Waals surface area contributed by atoms with Crippen LogP contribution in [0.25, 0.3) is 0 Å². The van der Waals surface area contributed by atoms with Crippen molar-refractivity contribution >= 4 is 13.6 Å². The Labute approximate surface area is 184 Å². The molecule has 2 fully saturated rings. The number of hydrogen-bond acceptors (Lipinski definition) is 2. The first-order chi connectivity index (χ1) is 11.1. The van der Waals surface area contributed by atoms with E-state index in [0.29, 0.717) is 0 Å². The van der Waals surface area contributed by atoms with Gasteiger partial charge in [0.2, 0.25) is 0 Å². The molecule has 0 heterocycles. The molecule has 0 spiro atoms. The molecular formula is C22H32Ni2O2. The molecule has 0 atom stereocenters. The normalized spacial score (nSPS) is 22.2. The molecule has 0 aromatic carbocycles. The van der Waals surface area contributed by atoms with Crippen molar-refractivity contribution in [3.8, 4) is 0 Å². The summed E-state index contributed by atoms with van der Waals surface area (Å²) in [7, 11) is 0. The Hall–Kier alpha value is 0.327. The van der Waals surface area contributed by atoms with Crippen LogP contribution in [0.1, 0.15) is 69.2 Å². The zero-order valence-electron chi connectivity index (χ0n) is 17.6. The van der Waals surface area contributed by atoms with Crippen LogP contribution < -0.4 is 0 Å². The molecule has 0 N–H and O–H groups in total. The molecule has 2 aliphatic carbocycles. The fraction of sp³-hybridized carbons (Fsp3) is 0.455. The molecule has 2 nitrogen and oxygen atoms in total. The first-order valence-corrected chi connectivity index (χ1v) is 7.97. The third-order valence-electron chi connectivity index (χ3n) is 5.62. The number of carbonyl (C=O) groups excluding carboxylic acids is 2. The van der Waals surface area contributed by atoms with E-state index < -0.39 is 0 Å². The minimum absolute atomic E-state index is 0. The molecule has 152 valence electrons. The van der Waals surface area contributed by atoms with E-state index in [1.54, 1.807) is 0 Å². The molecule has 0 unspecified atom stereocenters. The molecule has 0 aliphatic heterocycles. The monoisotopic (exact) mass is 444 g/mol. The zero-order chi connectivity index (χ0) is 19.8. The van der Waals surface area contributed by atoms with Gasteiger partial charge in [0.25, 0.3) is 0 Å². The summed E-state index contributed by atoms with van der Waals surface area (Å²) in [5.74, 6) is 14.7. The Morgan fingerprint density at radius 1 is 0.346 bits per heavy atom. The fourth-order valence-corrected chi connectivity index (χ4v) is 2.81. The first kappa shape index (κ1) is 33.9. The third-order valence-corrected chi connectivity index (χ3v) is 5.62. The van der Waals surface area contributed by atoms with Gasteiger partial charge in [0, 0.05) is 16.5 Å². The molecule has 4 heteroatoms. The smallest absolute Gasteiger partial charge is 0.545 e. The molecule has 0 amide bonds. The molecule has 0 saturated heterocycles. The predicted octanol–water partition coefficient (Wildman–Crippen LogP) is 5.39. The van der Waals surface area contributed by atoms with Gasteiger partial charge in [-0.15, -0.1) is 0 Å². The van der Waals surface area contributed by atoms with E-state index in [1.807, 2.05) is 0 Å². The maximum absolute atomic E-state index is 7.75. The van der Waals surface area contributed by atoms with E-state index in [9.17, 15) is 0 Å². The minimum atomic E-state index is 0. The molecule has 10 radical (unpaired) electrons. The largest absolute Gasteiger partial charge is 2.00 e. The van der Waals surface area contributed by atoms with E-state index in [2.05, 4.69) is 82.8 Å². The molecule has 26 heavy (non-hydrogen) atoms. The van der Waals surface area contributed by atoms with Gasteiger partial charge in [-0.05, 0) is 59.2 Å². The van der Waals surface area contributed by atoms with Gasteiger partial charge in [-0.3, -0.25) is 13.6 Å². The maximum Gasteiger partial charge on any atom is 2.00 e. The van der Waals surface area contributed by atoms with Crippen LogP contribution in [0.2, 0.25) is 0 Å². The quantitative estimate of drug-likeness (QED) is 0.284. The van der Waals surface area contributed by atoms with Crippen LogP contribution in [-0.4, -0.2) is 13.6 Å². The number of hydrogen-bond donors (Lipinski definition) is 0. The van der Waals surface area contributed by atoms with Gasteiger partial charge in [-0.2, -0.15) is 0 Å². The average molecular weight is 446 g/mol. The van der Waals surface area contributed by atoms with Crippen LogP contribution in [0.4, 0.5) is 0 Å². The van der Waals surface area contributed by atoms with Crippen molar-refractivity contribution < 1.29 is 42.6 Å². The summed E-state index contributed by atoms with van der Waals surface area (Å²) in [5.41, 5.74) is 0.